The molecular weight excluding hydrogens is 284 g/mol. The van der Waals surface area contributed by atoms with E-state index in [1.807, 2.05) is 12.1 Å². The van der Waals surface area contributed by atoms with E-state index in [1.54, 1.807) is 0 Å². The van der Waals surface area contributed by atoms with Crippen molar-refractivity contribution in [3.8, 4) is 5.75 Å². The monoisotopic (exact) mass is 310 g/mol. The molecular formula is C20H26N2O. The summed E-state index contributed by atoms with van der Waals surface area (Å²) in [4.78, 5) is 5.03. The first-order valence-corrected chi connectivity index (χ1v) is 8.48. The van der Waals surface area contributed by atoms with Gasteiger partial charge in [-0.05, 0) is 24.6 Å². The van der Waals surface area contributed by atoms with Gasteiger partial charge >= 0.3 is 0 Å². The number of piperazine rings is 1. The average molecular weight is 310 g/mol. The highest BCUT2D eigenvalue weighted by molar-refractivity contribution is 5.26. The normalized spacial score (nSPS) is 16.4. The molecule has 1 aliphatic heterocycles. The first kappa shape index (κ1) is 16.0. The maximum atomic E-state index is 5.83. The Morgan fingerprint density at radius 3 is 2.17 bits per heavy atom. The molecule has 0 saturated carbocycles. The van der Waals surface area contributed by atoms with Gasteiger partial charge in [0.1, 0.15) is 12.4 Å². The standard InChI is InChI=1S/C20H26N2O/c1-18-7-9-20(10-8-18)23-16-15-21-11-13-22(14-12-21)17-19-5-3-2-4-6-19/h2-10H,11-17H2,1H3. The first-order valence-electron chi connectivity index (χ1n) is 8.48. The molecule has 0 aliphatic carbocycles. The maximum absolute atomic E-state index is 5.83. The number of benzene rings is 2. The number of hydrogen-bond acceptors (Lipinski definition) is 3. The molecule has 3 nitrogen and oxygen atoms in total. The molecule has 0 spiro atoms. The molecule has 3 rings (SSSR count). The number of ether oxygens (including phenoxy) is 1. The van der Waals surface area contributed by atoms with Crippen LogP contribution in [0.4, 0.5) is 0 Å². The zero-order chi connectivity index (χ0) is 15.9. The van der Waals surface area contributed by atoms with Crippen molar-refractivity contribution < 1.29 is 4.74 Å². The van der Waals surface area contributed by atoms with Crippen molar-refractivity contribution in [2.45, 2.75) is 13.5 Å². The second-order valence-corrected chi connectivity index (χ2v) is 6.26. The number of rotatable bonds is 6. The lowest BCUT2D eigenvalue weighted by molar-refractivity contribution is 0.112. The Hall–Kier alpha value is -1.84. The summed E-state index contributed by atoms with van der Waals surface area (Å²) in [5.74, 6) is 0.971. The fraction of sp³-hybridized carbons (Fsp3) is 0.400. The summed E-state index contributed by atoms with van der Waals surface area (Å²) >= 11 is 0. The largest absolute Gasteiger partial charge is 0.492 e. The zero-order valence-corrected chi connectivity index (χ0v) is 13.9. The number of nitrogens with zero attached hydrogens (tertiary/aromatic N) is 2. The smallest absolute Gasteiger partial charge is 0.119 e. The molecule has 1 aliphatic rings. The fourth-order valence-corrected chi connectivity index (χ4v) is 2.94. The number of hydrogen-bond donors (Lipinski definition) is 0. The van der Waals surface area contributed by atoms with Gasteiger partial charge in [0.2, 0.25) is 0 Å². The van der Waals surface area contributed by atoms with Crippen molar-refractivity contribution >= 4 is 0 Å². The van der Waals surface area contributed by atoms with Crippen LogP contribution in [0, 0.1) is 6.92 Å². The molecule has 3 heteroatoms. The molecule has 1 fully saturated rings. The van der Waals surface area contributed by atoms with Crippen LogP contribution in [0.2, 0.25) is 0 Å². The first-order chi connectivity index (χ1) is 11.3. The molecule has 23 heavy (non-hydrogen) atoms. The lowest BCUT2D eigenvalue weighted by Crippen LogP contribution is -2.47. The highest BCUT2D eigenvalue weighted by atomic mass is 16.5. The molecule has 0 unspecified atom stereocenters. The van der Waals surface area contributed by atoms with Crippen LogP contribution < -0.4 is 4.74 Å². The van der Waals surface area contributed by atoms with Crippen molar-refractivity contribution in [2.24, 2.45) is 0 Å². The molecule has 0 amide bonds. The summed E-state index contributed by atoms with van der Waals surface area (Å²) in [6.45, 7) is 9.47. The van der Waals surface area contributed by atoms with E-state index in [9.17, 15) is 0 Å². The Balaban J connectivity index is 1.35. The molecule has 0 aromatic heterocycles. The Kier molecular flexibility index (Phi) is 5.67. The van der Waals surface area contributed by atoms with Gasteiger partial charge in [0, 0.05) is 39.3 Å². The molecule has 2 aromatic carbocycles. The topological polar surface area (TPSA) is 15.7 Å². The van der Waals surface area contributed by atoms with Gasteiger partial charge in [-0.2, -0.15) is 0 Å². The Labute approximate surface area is 139 Å². The molecule has 1 saturated heterocycles. The summed E-state index contributed by atoms with van der Waals surface area (Å²) in [6, 6.07) is 19.0. The van der Waals surface area contributed by atoms with Gasteiger partial charge in [-0.15, -0.1) is 0 Å². The van der Waals surface area contributed by atoms with E-state index in [0.29, 0.717) is 0 Å². The number of aryl methyl sites for hydroxylation is 1. The van der Waals surface area contributed by atoms with E-state index in [4.69, 9.17) is 4.74 Å². The Bertz CT molecular complexity index is 574. The maximum Gasteiger partial charge on any atom is 0.119 e. The lowest BCUT2D eigenvalue weighted by atomic mass is 10.2. The van der Waals surface area contributed by atoms with Crippen molar-refractivity contribution in [2.75, 3.05) is 39.3 Å². The Morgan fingerprint density at radius 1 is 0.826 bits per heavy atom. The van der Waals surface area contributed by atoms with Gasteiger partial charge in [0.25, 0.3) is 0 Å². The van der Waals surface area contributed by atoms with E-state index >= 15 is 0 Å². The van der Waals surface area contributed by atoms with Gasteiger partial charge in [0.05, 0.1) is 0 Å². The van der Waals surface area contributed by atoms with E-state index in [0.717, 1.165) is 51.6 Å². The predicted octanol–water partition coefficient (Wildman–Crippen LogP) is 3.19. The minimum atomic E-state index is 0.766. The van der Waals surface area contributed by atoms with E-state index in [-0.39, 0.29) is 0 Å². The van der Waals surface area contributed by atoms with Gasteiger partial charge in [-0.1, -0.05) is 48.0 Å². The van der Waals surface area contributed by atoms with Crippen LogP contribution in [0.5, 0.6) is 5.75 Å². The van der Waals surface area contributed by atoms with Crippen LogP contribution in [0.3, 0.4) is 0 Å². The van der Waals surface area contributed by atoms with Crippen LogP contribution in [-0.4, -0.2) is 49.1 Å². The van der Waals surface area contributed by atoms with Gasteiger partial charge < -0.3 is 4.74 Å². The molecule has 0 radical (unpaired) electrons. The SMILES string of the molecule is Cc1ccc(OCCN2CCN(Cc3ccccc3)CC2)cc1. The summed E-state index contributed by atoms with van der Waals surface area (Å²) in [6.07, 6.45) is 0. The van der Waals surface area contributed by atoms with Gasteiger partial charge in [-0.25, -0.2) is 0 Å². The third kappa shape index (κ3) is 5.08. The molecule has 122 valence electrons. The van der Waals surface area contributed by atoms with Crippen molar-refractivity contribution in [1.29, 1.82) is 0 Å². The third-order valence-corrected chi connectivity index (χ3v) is 4.41. The second kappa shape index (κ2) is 8.14. The van der Waals surface area contributed by atoms with Crippen LogP contribution in [0.15, 0.2) is 54.6 Å². The van der Waals surface area contributed by atoms with Crippen LogP contribution in [-0.2, 0) is 6.54 Å². The minimum absolute atomic E-state index is 0.766. The van der Waals surface area contributed by atoms with Gasteiger partial charge in [-0.3, -0.25) is 9.80 Å². The van der Waals surface area contributed by atoms with Crippen LogP contribution in [0.1, 0.15) is 11.1 Å². The summed E-state index contributed by atoms with van der Waals surface area (Å²) in [5.41, 5.74) is 2.68. The molecule has 0 atom stereocenters. The van der Waals surface area contributed by atoms with Crippen molar-refractivity contribution in [3.63, 3.8) is 0 Å². The minimum Gasteiger partial charge on any atom is -0.492 e. The second-order valence-electron chi connectivity index (χ2n) is 6.26. The van der Waals surface area contributed by atoms with E-state index in [2.05, 4.69) is 59.2 Å². The van der Waals surface area contributed by atoms with Crippen molar-refractivity contribution in [3.05, 3.63) is 65.7 Å². The molecule has 1 heterocycles. The van der Waals surface area contributed by atoms with Crippen LogP contribution >= 0.6 is 0 Å². The van der Waals surface area contributed by atoms with Gasteiger partial charge in [0.15, 0.2) is 0 Å². The summed E-state index contributed by atoms with van der Waals surface area (Å²) in [7, 11) is 0. The molecule has 0 N–H and O–H groups in total. The quantitative estimate of drug-likeness (QED) is 0.815. The predicted molar refractivity (Wildman–Crippen MR) is 94.8 cm³/mol. The lowest BCUT2D eigenvalue weighted by Gasteiger charge is -2.34. The van der Waals surface area contributed by atoms with Crippen molar-refractivity contribution in [1.82, 2.24) is 9.80 Å². The molecule has 2 aromatic rings. The fourth-order valence-electron chi connectivity index (χ4n) is 2.94. The zero-order valence-electron chi connectivity index (χ0n) is 13.9. The van der Waals surface area contributed by atoms with E-state index in [1.165, 1.54) is 11.1 Å². The highest BCUT2D eigenvalue weighted by Gasteiger charge is 2.16. The molecule has 0 bridgehead atoms. The summed E-state index contributed by atoms with van der Waals surface area (Å²) < 4.78 is 5.83. The Morgan fingerprint density at radius 2 is 1.48 bits per heavy atom. The average Bonchev–Trinajstić information content (AvgIpc) is 2.59. The van der Waals surface area contributed by atoms with E-state index < -0.39 is 0 Å². The third-order valence-electron chi connectivity index (χ3n) is 4.41. The highest BCUT2D eigenvalue weighted by Crippen LogP contribution is 2.12. The van der Waals surface area contributed by atoms with Crippen LogP contribution in [0.25, 0.3) is 0 Å². The summed E-state index contributed by atoms with van der Waals surface area (Å²) in [5, 5.41) is 0.